The van der Waals surface area contributed by atoms with Crippen LogP contribution in [0.15, 0.2) is 4.99 Å². The lowest BCUT2D eigenvalue weighted by Gasteiger charge is -2.09. The van der Waals surface area contributed by atoms with Gasteiger partial charge in [-0.3, -0.25) is 4.79 Å². The highest BCUT2D eigenvalue weighted by Crippen LogP contribution is 2.14. The molecule has 14 heavy (non-hydrogen) atoms. The summed E-state index contributed by atoms with van der Waals surface area (Å²) in [6.07, 6.45) is 4.24. The second kappa shape index (κ2) is 8.85. The van der Waals surface area contributed by atoms with E-state index in [1.165, 1.54) is 0 Å². The summed E-state index contributed by atoms with van der Waals surface area (Å²) in [5.41, 5.74) is 0. The van der Waals surface area contributed by atoms with Gasteiger partial charge < -0.3 is 5.11 Å². The van der Waals surface area contributed by atoms with Gasteiger partial charge in [0.05, 0.1) is 11.1 Å². The monoisotopic (exact) mass is 215 g/mol. The van der Waals surface area contributed by atoms with E-state index in [-0.39, 0.29) is 5.92 Å². The van der Waals surface area contributed by atoms with Gasteiger partial charge in [0.1, 0.15) is 0 Å². The van der Waals surface area contributed by atoms with Gasteiger partial charge in [0.2, 0.25) is 0 Å². The molecule has 0 aliphatic carbocycles. The number of isothiocyanates is 1. The van der Waals surface area contributed by atoms with Crippen LogP contribution in [-0.2, 0) is 4.79 Å². The molecule has 0 spiro atoms. The summed E-state index contributed by atoms with van der Waals surface area (Å²) in [5.74, 6) is -0.860. The predicted molar refractivity (Wildman–Crippen MR) is 59.8 cm³/mol. The van der Waals surface area contributed by atoms with Crippen molar-refractivity contribution in [2.75, 3.05) is 6.54 Å². The summed E-state index contributed by atoms with van der Waals surface area (Å²) in [6, 6.07) is 0. The van der Waals surface area contributed by atoms with Crippen LogP contribution in [0.3, 0.4) is 0 Å². The van der Waals surface area contributed by atoms with Crippen molar-refractivity contribution in [2.24, 2.45) is 10.9 Å². The van der Waals surface area contributed by atoms with Crippen LogP contribution in [0.4, 0.5) is 0 Å². The minimum Gasteiger partial charge on any atom is -0.481 e. The average Bonchev–Trinajstić information content (AvgIpc) is 2.15. The molecular weight excluding hydrogens is 198 g/mol. The molecule has 0 aliphatic rings. The minimum atomic E-state index is -0.676. The number of rotatable bonds is 8. The van der Waals surface area contributed by atoms with Crippen LogP contribution in [0, 0.1) is 5.92 Å². The van der Waals surface area contributed by atoms with Crippen LogP contribution in [0.25, 0.3) is 0 Å². The van der Waals surface area contributed by atoms with Crippen molar-refractivity contribution in [2.45, 2.75) is 39.0 Å². The molecule has 1 atom stereocenters. The van der Waals surface area contributed by atoms with E-state index in [0.717, 1.165) is 32.1 Å². The molecule has 0 heterocycles. The van der Waals surface area contributed by atoms with Crippen molar-refractivity contribution in [3.05, 3.63) is 0 Å². The zero-order valence-electron chi connectivity index (χ0n) is 8.53. The van der Waals surface area contributed by atoms with Crippen molar-refractivity contribution in [1.82, 2.24) is 0 Å². The fourth-order valence-electron chi connectivity index (χ4n) is 1.37. The van der Waals surface area contributed by atoms with Crippen molar-refractivity contribution < 1.29 is 9.90 Å². The number of aliphatic carboxylic acids is 1. The summed E-state index contributed by atoms with van der Waals surface area (Å²) in [7, 11) is 0. The highest BCUT2D eigenvalue weighted by Gasteiger charge is 2.14. The molecule has 0 aliphatic heterocycles. The molecule has 0 aromatic carbocycles. The molecule has 0 bridgehead atoms. The number of carboxylic acid groups (broad SMARTS) is 1. The normalized spacial score (nSPS) is 11.8. The van der Waals surface area contributed by atoms with Gasteiger partial charge in [-0.05, 0) is 31.5 Å². The van der Waals surface area contributed by atoms with E-state index in [1.54, 1.807) is 0 Å². The fourth-order valence-corrected chi connectivity index (χ4v) is 1.46. The van der Waals surface area contributed by atoms with Gasteiger partial charge in [0.25, 0.3) is 0 Å². The maximum atomic E-state index is 10.8. The van der Waals surface area contributed by atoms with Crippen LogP contribution >= 0.6 is 12.2 Å². The second-order valence-electron chi connectivity index (χ2n) is 3.29. The molecule has 0 aromatic heterocycles. The first-order valence-electron chi connectivity index (χ1n) is 4.98. The third-order valence-electron chi connectivity index (χ3n) is 2.12. The number of nitrogens with zero attached hydrogens (tertiary/aromatic N) is 1. The first-order chi connectivity index (χ1) is 6.72. The Labute approximate surface area is 90.2 Å². The van der Waals surface area contributed by atoms with E-state index in [4.69, 9.17) is 5.11 Å². The molecule has 4 heteroatoms. The molecule has 1 unspecified atom stereocenters. The highest BCUT2D eigenvalue weighted by atomic mass is 32.1. The maximum Gasteiger partial charge on any atom is 0.306 e. The fraction of sp³-hybridized carbons (Fsp3) is 0.800. The van der Waals surface area contributed by atoms with Crippen molar-refractivity contribution >= 4 is 23.3 Å². The zero-order valence-corrected chi connectivity index (χ0v) is 9.35. The van der Waals surface area contributed by atoms with Gasteiger partial charge in [-0.2, -0.15) is 0 Å². The Morgan fingerprint density at radius 3 is 2.71 bits per heavy atom. The van der Waals surface area contributed by atoms with E-state index in [1.807, 2.05) is 6.92 Å². The summed E-state index contributed by atoms with van der Waals surface area (Å²) >= 11 is 4.43. The lowest BCUT2D eigenvalue weighted by molar-refractivity contribution is -0.142. The largest absolute Gasteiger partial charge is 0.481 e. The average molecular weight is 215 g/mol. The Morgan fingerprint density at radius 1 is 1.50 bits per heavy atom. The van der Waals surface area contributed by atoms with Gasteiger partial charge in [-0.25, -0.2) is 4.99 Å². The quantitative estimate of drug-likeness (QED) is 0.385. The van der Waals surface area contributed by atoms with E-state index >= 15 is 0 Å². The van der Waals surface area contributed by atoms with Crippen LogP contribution in [0.2, 0.25) is 0 Å². The standard InChI is InChI=1S/C10H17NO2S/c1-2-5-9(10(12)13)6-3-4-7-11-8-14/h9H,2-7H2,1H3,(H,12,13). The molecule has 0 saturated carbocycles. The predicted octanol–water partition coefficient (Wildman–Crippen LogP) is 2.76. The van der Waals surface area contributed by atoms with E-state index in [2.05, 4.69) is 22.4 Å². The van der Waals surface area contributed by atoms with Crippen LogP contribution in [0.1, 0.15) is 39.0 Å². The number of aliphatic imine (C=N–C) groups is 1. The topological polar surface area (TPSA) is 49.7 Å². The summed E-state index contributed by atoms with van der Waals surface area (Å²) in [5, 5.41) is 11.2. The number of carboxylic acids is 1. The molecule has 0 radical (unpaired) electrons. The number of thiocarbonyl (C=S) groups is 1. The lowest BCUT2D eigenvalue weighted by Crippen LogP contribution is -2.13. The molecule has 0 fully saturated rings. The minimum absolute atomic E-state index is 0.184. The summed E-state index contributed by atoms with van der Waals surface area (Å²) in [4.78, 5) is 14.5. The van der Waals surface area contributed by atoms with E-state index in [9.17, 15) is 4.79 Å². The Morgan fingerprint density at radius 2 is 2.21 bits per heavy atom. The molecule has 0 rings (SSSR count). The zero-order chi connectivity index (χ0) is 10.8. The molecule has 0 amide bonds. The molecule has 1 N–H and O–H groups in total. The van der Waals surface area contributed by atoms with Crippen molar-refractivity contribution in [3.8, 4) is 0 Å². The molecule has 0 saturated heterocycles. The van der Waals surface area contributed by atoms with Crippen molar-refractivity contribution in [1.29, 1.82) is 0 Å². The van der Waals surface area contributed by atoms with Crippen LogP contribution < -0.4 is 0 Å². The lowest BCUT2D eigenvalue weighted by atomic mass is 9.97. The van der Waals surface area contributed by atoms with Gasteiger partial charge in [0.15, 0.2) is 0 Å². The number of hydrogen-bond acceptors (Lipinski definition) is 3. The Balaban J connectivity index is 3.60. The van der Waals surface area contributed by atoms with Gasteiger partial charge in [0, 0.05) is 6.54 Å². The van der Waals surface area contributed by atoms with Crippen LogP contribution in [0.5, 0.6) is 0 Å². The molecule has 3 nitrogen and oxygen atoms in total. The van der Waals surface area contributed by atoms with Gasteiger partial charge >= 0.3 is 5.97 Å². The maximum absolute atomic E-state index is 10.8. The number of unbranched alkanes of at least 4 members (excludes halogenated alkanes) is 1. The summed E-state index contributed by atoms with van der Waals surface area (Å²) < 4.78 is 0. The molecular formula is C10H17NO2S. The second-order valence-corrected chi connectivity index (χ2v) is 3.48. The third-order valence-corrected chi connectivity index (χ3v) is 2.25. The first-order valence-corrected chi connectivity index (χ1v) is 5.39. The SMILES string of the molecule is CCCC(CCCCN=C=S)C(=O)O. The first kappa shape index (κ1) is 13.3. The van der Waals surface area contributed by atoms with Gasteiger partial charge in [-0.1, -0.05) is 19.8 Å². The van der Waals surface area contributed by atoms with E-state index < -0.39 is 5.97 Å². The highest BCUT2D eigenvalue weighted by molar-refractivity contribution is 7.78. The molecule has 0 aromatic rings. The van der Waals surface area contributed by atoms with Crippen LogP contribution in [-0.4, -0.2) is 22.8 Å². The Kier molecular flexibility index (Phi) is 8.39. The third kappa shape index (κ3) is 6.75. The number of hydrogen-bond donors (Lipinski definition) is 1. The Hall–Kier alpha value is -0.730. The van der Waals surface area contributed by atoms with Gasteiger partial charge in [-0.15, -0.1) is 0 Å². The van der Waals surface area contributed by atoms with E-state index in [0.29, 0.717) is 6.54 Å². The molecule has 80 valence electrons. The number of carbonyl (C=O) groups is 1. The summed E-state index contributed by atoms with van der Waals surface area (Å²) in [6.45, 7) is 2.67. The Bertz CT molecular complexity index is 212. The smallest absolute Gasteiger partial charge is 0.306 e. The van der Waals surface area contributed by atoms with Crippen molar-refractivity contribution in [3.63, 3.8) is 0 Å².